The largest absolute Gasteiger partial charge is 0.465 e. The average Bonchev–Trinajstić information content (AvgIpc) is 3.44. The van der Waals surface area contributed by atoms with Gasteiger partial charge in [-0.15, -0.1) is 69.6 Å². The van der Waals surface area contributed by atoms with Gasteiger partial charge in [0.15, 0.2) is 13.0 Å². The number of rotatable bonds is 6. The maximum absolute atomic E-state index is 14.0. The molecule has 10 atom stereocenters. The third kappa shape index (κ3) is 4.26. The highest BCUT2D eigenvalue weighted by atomic mass is 35.5. The smallest absolute Gasteiger partial charge is 0.312 e. The van der Waals surface area contributed by atoms with Crippen molar-refractivity contribution in [3.63, 3.8) is 0 Å². The van der Waals surface area contributed by atoms with Crippen LogP contribution in [0.15, 0.2) is 30.2 Å². The molecule has 0 spiro atoms. The van der Waals surface area contributed by atoms with Gasteiger partial charge in [-0.25, -0.2) is 0 Å². The van der Waals surface area contributed by atoms with E-state index in [9.17, 15) is 9.59 Å². The van der Waals surface area contributed by atoms with E-state index in [0.29, 0.717) is 0 Å². The lowest BCUT2D eigenvalue weighted by Crippen LogP contribution is -2.48. The summed E-state index contributed by atoms with van der Waals surface area (Å²) in [7, 11) is 0. The van der Waals surface area contributed by atoms with Crippen LogP contribution in [-0.4, -0.2) is 67.4 Å². The number of carbonyl (C=O) groups is 2. The van der Waals surface area contributed by atoms with Gasteiger partial charge in [0.05, 0.1) is 55.2 Å². The Balaban J connectivity index is 1.29. The highest BCUT2D eigenvalue weighted by Crippen LogP contribution is 2.78. The van der Waals surface area contributed by atoms with Crippen LogP contribution in [0.5, 0.6) is 0 Å². The Bertz CT molecular complexity index is 1510. The first-order valence-corrected chi connectivity index (χ1v) is 19.8. The minimum atomic E-state index is -2.37. The standard InChI is InChI=1S/C25H12Cl18O4/c26-9-11(28)19(34)5(1-17(9,32)23(19,38)39)3-46-15(44)7-8(22(37)14(31)13(30)21(7,36)25(22,42)43)16(45)47-4-6-2-18(33)10(27)12(29)20(6,35)24(18,40)41/h5-8H,1-4H2. The van der Waals surface area contributed by atoms with Crippen LogP contribution in [0.1, 0.15) is 12.8 Å². The molecule has 0 aromatic heterocycles. The molecule has 6 aliphatic rings. The van der Waals surface area contributed by atoms with E-state index in [4.69, 9.17) is 218 Å². The molecule has 6 bridgehead atoms. The fourth-order valence-electron chi connectivity index (χ4n) is 7.53. The van der Waals surface area contributed by atoms with Crippen molar-refractivity contribution in [1.82, 2.24) is 0 Å². The molecule has 0 saturated heterocycles. The average molecular weight is 1010 g/mol. The van der Waals surface area contributed by atoms with Gasteiger partial charge in [-0.05, 0) is 12.8 Å². The first kappa shape index (κ1) is 40.1. The van der Waals surface area contributed by atoms with Crippen molar-refractivity contribution in [2.45, 2.75) is 55.1 Å². The zero-order valence-corrected chi connectivity index (χ0v) is 35.7. The molecule has 262 valence electrons. The molecule has 0 amide bonds. The second kappa shape index (κ2) is 11.7. The monoisotopic (exact) mass is 1010 g/mol. The van der Waals surface area contributed by atoms with Gasteiger partial charge in [-0.3, -0.25) is 9.59 Å². The zero-order chi connectivity index (χ0) is 35.7. The van der Waals surface area contributed by atoms with Gasteiger partial charge < -0.3 is 9.47 Å². The summed E-state index contributed by atoms with van der Waals surface area (Å²) in [5.74, 6) is -7.61. The molecule has 6 rings (SSSR count). The molecule has 47 heavy (non-hydrogen) atoms. The fraction of sp³-hybridized carbons (Fsp3) is 0.680. The summed E-state index contributed by atoms with van der Waals surface area (Å²) in [5.41, 5.74) is 0. The van der Waals surface area contributed by atoms with Crippen molar-refractivity contribution >= 4 is 221 Å². The third-order valence-electron chi connectivity index (χ3n) is 10.1. The molecule has 0 radical (unpaired) electrons. The molecule has 6 aliphatic carbocycles. The molecule has 22 heteroatoms. The van der Waals surface area contributed by atoms with Crippen molar-refractivity contribution in [1.29, 1.82) is 0 Å². The van der Waals surface area contributed by atoms with E-state index in [1.807, 2.05) is 0 Å². The summed E-state index contributed by atoms with van der Waals surface area (Å²) < 4.78 is 5.13. The van der Waals surface area contributed by atoms with E-state index in [1.54, 1.807) is 0 Å². The van der Waals surface area contributed by atoms with Crippen LogP contribution in [-0.2, 0) is 19.1 Å². The normalized spacial score (nSPS) is 48.3. The number of hydrogen-bond donors (Lipinski definition) is 0. The highest BCUT2D eigenvalue weighted by Gasteiger charge is 2.86. The molecule has 4 nitrogen and oxygen atoms in total. The van der Waals surface area contributed by atoms with Crippen LogP contribution in [0, 0.1) is 23.7 Å². The first-order chi connectivity index (χ1) is 21.2. The predicted octanol–water partition coefficient (Wildman–Crippen LogP) is 11.9. The van der Waals surface area contributed by atoms with Crippen molar-refractivity contribution in [3.8, 4) is 0 Å². The number of ether oxygens (including phenoxy) is 2. The molecule has 0 aliphatic heterocycles. The quantitative estimate of drug-likeness (QED) is 0.197. The SMILES string of the molecule is O=C(OCC1CC2(Cl)C(Cl)=C(Cl)C1(Cl)C2(Cl)Cl)C1C(C(=O)OCC2CC3(Cl)C(Cl)=C(Cl)C2(Cl)C3(Cl)Cl)C2(Cl)C(Cl)=C(Cl)C1(Cl)C2(Cl)Cl. The number of hydrogen-bond acceptors (Lipinski definition) is 4. The molecule has 0 heterocycles. The van der Waals surface area contributed by atoms with Crippen molar-refractivity contribution in [2.24, 2.45) is 23.7 Å². The summed E-state index contributed by atoms with van der Waals surface area (Å²) in [4.78, 5) is 16.7. The van der Waals surface area contributed by atoms with Gasteiger partial charge >= 0.3 is 11.9 Å². The molecular weight excluding hydrogens is 1000 g/mol. The highest BCUT2D eigenvalue weighted by molar-refractivity contribution is 6.68. The fourth-order valence-corrected chi connectivity index (χ4v) is 16.1. The van der Waals surface area contributed by atoms with Gasteiger partial charge in [0, 0.05) is 11.8 Å². The number of esters is 2. The van der Waals surface area contributed by atoms with E-state index < -0.39 is 101 Å². The molecule has 0 N–H and O–H groups in total. The third-order valence-corrected chi connectivity index (χ3v) is 23.0. The molecule has 10 unspecified atom stereocenters. The Morgan fingerprint density at radius 3 is 1.00 bits per heavy atom. The van der Waals surface area contributed by atoms with E-state index in [-0.39, 0.29) is 33.0 Å². The predicted molar refractivity (Wildman–Crippen MR) is 196 cm³/mol. The Morgan fingerprint density at radius 1 is 0.468 bits per heavy atom. The van der Waals surface area contributed by atoms with Crippen molar-refractivity contribution < 1.29 is 19.1 Å². The van der Waals surface area contributed by atoms with E-state index in [2.05, 4.69) is 0 Å². The summed E-state index contributed by atoms with van der Waals surface area (Å²) in [6, 6.07) is 0. The van der Waals surface area contributed by atoms with Crippen LogP contribution in [0.4, 0.5) is 0 Å². The van der Waals surface area contributed by atoms with Crippen LogP contribution >= 0.6 is 209 Å². The lowest BCUT2D eigenvalue weighted by atomic mass is 9.81. The van der Waals surface area contributed by atoms with Gasteiger partial charge in [-0.1, -0.05) is 139 Å². The van der Waals surface area contributed by atoms with Crippen LogP contribution < -0.4 is 0 Å². The lowest BCUT2D eigenvalue weighted by molar-refractivity contribution is -0.162. The second-order valence-corrected chi connectivity index (χ2v) is 22.0. The van der Waals surface area contributed by atoms with E-state index in [1.165, 1.54) is 0 Å². The Hall–Kier alpha value is 3.38. The van der Waals surface area contributed by atoms with Crippen molar-refractivity contribution in [2.75, 3.05) is 13.2 Å². The zero-order valence-electron chi connectivity index (χ0n) is 22.1. The minimum Gasteiger partial charge on any atom is -0.465 e. The molecule has 3 fully saturated rings. The van der Waals surface area contributed by atoms with E-state index in [0.717, 1.165) is 0 Å². The topological polar surface area (TPSA) is 52.6 Å². The maximum Gasteiger partial charge on any atom is 0.312 e. The summed E-state index contributed by atoms with van der Waals surface area (Å²) in [5, 5.41) is -1.11. The van der Waals surface area contributed by atoms with Gasteiger partial charge in [-0.2, -0.15) is 0 Å². The molecule has 3 saturated carbocycles. The second-order valence-electron chi connectivity index (χ2n) is 12.1. The number of alkyl halides is 12. The van der Waals surface area contributed by atoms with Crippen LogP contribution in [0.3, 0.4) is 0 Å². The van der Waals surface area contributed by atoms with Crippen LogP contribution in [0.2, 0.25) is 0 Å². The Morgan fingerprint density at radius 2 is 0.745 bits per heavy atom. The van der Waals surface area contributed by atoms with Gasteiger partial charge in [0.1, 0.15) is 29.2 Å². The molecule has 0 aromatic carbocycles. The number of halogens is 18. The first-order valence-electron chi connectivity index (χ1n) is 13.0. The Kier molecular flexibility index (Phi) is 9.97. The van der Waals surface area contributed by atoms with Crippen LogP contribution in [0.25, 0.3) is 0 Å². The van der Waals surface area contributed by atoms with E-state index >= 15 is 0 Å². The summed E-state index contributed by atoms with van der Waals surface area (Å²) in [6.45, 7) is -0.974. The molecule has 0 aromatic rings. The lowest BCUT2D eigenvalue weighted by Gasteiger charge is -2.36. The van der Waals surface area contributed by atoms with Gasteiger partial charge in [0.2, 0.25) is 0 Å². The number of allylic oxidation sites excluding steroid dienone is 6. The maximum atomic E-state index is 14.0. The van der Waals surface area contributed by atoms with Crippen molar-refractivity contribution in [3.05, 3.63) is 30.2 Å². The Labute approximate surface area is 357 Å². The number of carbonyl (C=O) groups excluding carboxylic acids is 2. The molecular formula is C25H12Cl18O4. The number of fused-ring (bicyclic) bond motifs is 6. The minimum absolute atomic E-state index is 0.0438. The van der Waals surface area contributed by atoms with Gasteiger partial charge in [0.25, 0.3) is 0 Å². The summed E-state index contributed by atoms with van der Waals surface area (Å²) in [6.07, 6.45) is -0.104. The summed E-state index contributed by atoms with van der Waals surface area (Å²) >= 11 is 119.